The summed E-state index contributed by atoms with van der Waals surface area (Å²) < 4.78 is 11.0. The molecule has 156 valence electrons. The minimum absolute atomic E-state index is 0.194. The molecular weight excluding hydrogens is 395 g/mol. The zero-order chi connectivity index (χ0) is 20.6. The van der Waals surface area contributed by atoms with Crippen LogP contribution in [0.3, 0.4) is 0 Å². The Kier molecular flexibility index (Phi) is 13.8. The molecule has 0 aromatic heterocycles. The molecule has 0 saturated heterocycles. The first-order valence-corrected chi connectivity index (χ1v) is 10.4. The summed E-state index contributed by atoms with van der Waals surface area (Å²) in [5.41, 5.74) is 2.62. The van der Waals surface area contributed by atoms with Crippen molar-refractivity contribution in [1.29, 1.82) is 0 Å². The molecule has 0 aliphatic carbocycles. The second kappa shape index (κ2) is 15.6. The summed E-state index contributed by atoms with van der Waals surface area (Å²) in [6.07, 6.45) is 0. The van der Waals surface area contributed by atoms with Gasteiger partial charge in [-0.15, -0.1) is 23.2 Å². The van der Waals surface area contributed by atoms with Gasteiger partial charge in [-0.25, -0.2) is 0 Å². The van der Waals surface area contributed by atoms with Crippen molar-refractivity contribution in [3.05, 3.63) is 65.7 Å². The van der Waals surface area contributed by atoms with E-state index in [9.17, 15) is 0 Å². The molecule has 0 radical (unpaired) electrons. The number of rotatable bonds is 11. The van der Waals surface area contributed by atoms with Crippen LogP contribution in [0.15, 0.2) is 54.6 Å². The summed E-state index contributed by atoms with van der Waals surface area (Å²) in [4.78, 5) is 4.56. The molecule has 0 saturated carbocycles. The first kappa shape index (κ1) is 24.7. The van der Waals surface area contributed by atoms with Crippen LogP contribution >= 0.6 is 23.2 Å². The molecule has 2 aromatic carbocycles. The molecule has 0 amide bonds. The largest absolute Gasteiger partial charge is 0.497 e. The van der Waals surface area contributed by atoms with Crippen LogP contribution in [-0.2, 0) is 17.8 Å². The average Bonchev–Trinajstić information content (AvgIpc) is 2.69. The minimum atomic E-state index is 0.194. The highest BCUT2D eigenvalue weighted by molar-refractivity contribution is 6.40. The van der Waals surface area contributed by atoms with Gasteiger partial charge in [0, 0.05) is 26.2 Å². The number of methoxy groups -OCH3 is 1. The maximum Gasteiger partial charge on any atom is 0.118 e. The zero-order valence-electron chi connectivity index (χ0n) is 17.1. The Bertz CT molecular complexity index is 612. The second-order valence-electron chi connectivity index (χ2n) is 6.52. The normalized spacial score (nSPS) is 10.7. The van der Waals surface area contributed by atoms with Crippen molar-refractivity contribution >= 4 is 23.2 Å². The Hall–Kier alpha value is -1.30. The standard InChI is InChI=1S/C21H30N2O2.CH2Cl2/c1-22(17-19-7-5-4-6-8-19)13-15-25-16-14-23(2)18-20-9-11-21(24-3)12-10-20;2-1-3/h4-12H,13-18H2,1-3H3;1H2. The summed E-state index contributed by atoms with van der Waals surface area (Å²) >= 11 is 9.53. The van der Waals surface area contributed by atoms with E-state index in [0.29, 0.717) is 0 Å². The highest BCUT2D eigenvalue weighted by atomic mass is 35.5. The van der Waals surface area contributed by atoms with Crippen molar-refractivity contribution in [3.8, 4) is 5.75 Å². The maximum absolute atomic E-state index is 5.78. The molecule has 0 unspecified atom stereocenters. The van der Waals surface area contributed by atoms with Crippen LogP contribution < -0.4 is 4.74 Å². The summed E-state index contributed by atoms with van der Waals surface area (Å²) in [5.74, 6) is 0.898. The molecular formula is C22H32Cl2N2O2. The van der Waals surface area contributed by atoms with Gasteiger partial charge in [0.15, 0.2) is 0 Å². The van der Waals surface area contributed by atoms with Crippen molar-refractivity contribution in [3.63, 3.8) is 0 Å². The minimum Gasteiger partial charge on any atom is -0.497 e. The molecule has 2 rings (SSSR count). The van der Waals surface area contributed by atoms with Gasteiger partial charge in [0.05, 0.1) is 25.7 Å². The van der Waals surface area contributed by atoms with Crippen LogP contribution in [0.1, 0.15) is 11.1 Å². The molecule has 0 spiro atoms. The predicted molar refractivity (Wildman–Crippen MR) is 119 cm³/mol. The quantitative estimate of drug-likeness (QED) is 0.384. The van der Waals surface area contributed by atoms with Gasteiger partial charge < -0.3 is 9.47 Å². The van der Waals surface area contributed by atoms with E-state index in [1.54, 1.807) is 7.11 Å². The Labute approximate surface area is 179 Å². The van der Waals surface area contributed by atoms with Gasteiger partial charge in [0.25, 0.3) is 0 Å². The number of halogens is 2. The lowest BCUT2D eigenvalue weighted by Gasteiger charge is -2.19. The van der Waals surface area contributed by atoms with Crippen LogP contribution in [0.5, 0.6) is 5.75 Å². The first-order chi connectivity index (χ1) is 13.6. The number of likely N-dealkylation sites (N-methyl/N-ethyl adjacent to an activating group) is 2. The monoisotopic (exact) mass is 426 g/mol. The molecule has 2 aromatic rings. The van der Waals surface area contributed by atoms with E-state index >= 15 is 0 Å². The SMILES string of the molecule is COc1ccc(CN(C)CCOCCN(C)Cc2ccccc2)cc1.ClCCl. The molecule has 0 N–H and O–H groups in total. The average molecular weight is 427 g/mol. The van der Waals surface area contributed by atoms with E-state index in [4.69, 9.17) is 32.7 Å². The smallest absolute Gasteiger partial charge is 0.118 e. The maximum atomic E-state index is 5.78. The fourth-order valence-electron chi connectivity index (χ4n) is 2.64. The van der Waals surface area contributed by atoms with Crippen molar-refractivity contribution in [2.75, 3.05) is 52.8 Å². The molecule has 0 fully saturated rings. The lowest BCUT2D eigenvalue weighted by molar-refractivity contribution is 0.0915. The van der Waals surface area contributed by atoms with Gasteiger partial charge in [-0.1, -0.05) is 42.5 Å². The number of hydrogen-bond donors (Lipinski definition) is 0. The summed E-state index contributed by atoms with van der Waals surface area (Å²) in [6, 6.07) is 18.7. The Morgan fingerprint density at radius 3 is 1.68 bits per heavy atom. The number of benzene rings is 2. The second-order valence-corrected chi connectivity index (χ2v) is 7.33. The van der Waals surface area contributed by atoms with E-state index in [0.717, 1.165) is 45.1 Å². The Morgan fingerprint density at radius 1 is 0.750 bits per heavy atom. The zero-order valence-corrected chi connectivity index (χ0v) is 18.6. The highest BCUT2D eigenvalue weighted by Crippen LogP contribution is 2.12. The van der Waals surface area contributed by atoms with Gasteiger partial charge in [0.1, 0.15) is 5.75 Å². The van der Waals surface area contributed by atoms with Crippen LogP contribution in [0.4, 0.5) is 0 Å². The van der Waals surface area contributed by atoms with Crippen LogP contribution in [0.2, 0.25) is 0 Å². The molecule has 0 aliphatic rings. The molecule has 28 heavy (non-hydrogen) atoms. The van der Waals surface area contributed by atoms with Crippen molar-refractivity contribution in [2.45, 2.75) is 13.1 Å². The Morgan fingerprint density at radius 2 is 1.21 bits per heavy atom. The van der Waals surface area contributed by atoms with Crippen molar-refractivity contribution in [1.82, 2.24) is 9.80 Å². The van der Waals surface area contributed by atoms with Gasteiger partial charge in [-0.3, -0.25) is 9.80 Å². The molecule has 0 atom stereocenters. The van der Waals surface area contributed by atoms with Gasteiger partial charge in [0.2, 0.25) is 0 Å². The van der Waals surface area contributed by atoms with Crippen molar-refractivity contribution < 1.29 is 9.47 Å². The van der Waals surface area contributed by atoms with E-state index in [-0.39, 0.29) is 5.34 Å². The molecule has 6 heteroatoms. The van der Waals surface area contributed by atoms with Gasteiger partial charge >= 0.3 is 0 Å². The number of alkyl halides is 2. The van der Waals surface area contributed by atoms with Crippen molar-refractivity contribution in [2.24, 2.45) is 0 Å². The summed E-state index contributed by atoms with van der Waals surface area (Å²) in [5, 5.41) is 0.194. The van der Waals surface area contributed by atoms with Gasteiger partial charge in [-0.2, -0.15) is 0 Å². The lowest BCUT2D eigenvalue weighted by Crippen LogP contribution is -2.26. The third-order valence-corrected chi connectivity index (χ3v) is 4.14. The van der Waals surface area contributed by atoms with Crippen LogP contribution in [0.25, 0.3) is 0 Å². The third-order valence-electron chi connectivity index (χ3n) is 4.14. The lowest BCUT2D eigenvalue weighted by atomic mass is 10.2. The molecule has 0 heterocycles. The topological polar surface area (TPSA) is 24.9 Å². The fourth-order valence-corrected chi connectivity index (χ4v) is 2.64. The van der Waals surface area contributed by atoms with E-state index in [1.165, 1.54) is 11.1 Å². The van der Waals surface area contributed by atoms with E-state index in [2.05, 4.69) is 66.4 Å². The fraction of sp³-hybridized carbons (Fsp3) is 0.455. The number of ether oxygens (including phenoxy) is 2. The molecule has 0 bridgehead atoms. The molecule has 4 nitrogen and oxygen atoms in total. The highest BCUT2D eigenvalue weighted by Gasteiger charge is 2.03. The van der Waals surface area contributed by atoms with Gasteiger partial charge in [-0.05, 0) is 37.4 Å². The number of hydrogen-bond acceptors (Lipinski definition) is 4. The first-order valence-electron chi connectivity index (χ1n) is 9.32. The van der Waals surface area contributed by atoms with Crippen LogP contribution in [-0.4, -0.2) is 62.6 Å². The number of nitrogens with zero attached hydrogens (tertiary/aromatic N) is 2. The van der Waals surface area contributed by atoms with E-state index in [1.807, 2.05) is 12.1 Å². The predicted octanol–water partition coefficient (Wildman–Crippen LogP) is 4.70. The summed E-state index contributed by atoms with van der Waals surface area (Å²) in [7, 11) is 5.94. The summed E-state index contributed by atoms with van der Waals surface area (Å²) in [6.45, 7) is 5.26. The van der Waals surface area contributed by atoms with Crippen LogP contribution in [0, 0.1) is 0 Å². The van der Waals surface area contributed by atoms with E-state index < -0.39 is 0 Å². The molecule has 0 aliphatic heterocycles. The third kappa shape index (κ3) is 11.5. The Balaban J connectivity index is 0.00000122.